The van der Waals surface area contributed by atoms with Crippen LogP contribution in [0.2, 0.25) is 0 Å². The summed E-state index contributed by atoms with van der Waals surface area (Å²) in [7, 11) is 0. The molecule has 70 valence electrons. The van der Waals surface area contributed by atoms with E-state index in [2.05, 4.69) is 4.98 Å². The molecule has 13 heavy (non-hydrogen) atoms. The predicted octanol–water partition coefficient (Wildman–Crippen LogP) is 1.31. The van der Waals surface area contributed by atoms with Gasteiger partial charge in [-0.25, -0.2) is 9.78 Å². The van der Waals surface area contributed by atoms with Gasteiger partial charge in [-0.1, -0.05) is 6.42 Å². The molecule has 2 rings (SSSR count). The maximum Gasteiger partial charge on any atom is 0.356 e. The van der Waals surface area contributed by atoms with Crippen molar-refractivity contribution >= 4 is 5.97 Å². The Hall–Kier alpha value is -1.32. The van der Waals surface area contributed by atoms with Gasteiger partial charge in [0.2, 0.25) is 0 Å². The molecule has 4 nitrogen and oxygen atoms in total. The zero-order chi connectivity index (χ0) is 9.26. The average molecular weight is 180 g/mol. The highest BCUT2D eigenvalue weighted by Gasteiger charge is 2.14. The molecule has 1 aromatic heterocycles. The average Bonchev–Trinajstić information content (AvgIpc) is 2.38. The van der Waals surface area contributed by atoms with Crippen LogP contribution in [0.5, 0.6) is 0 Å². The predicted molar refractivity (Wildman–Crippen MR) is 46.7 cm³/mol. The molecule has 0 radical (unpaired) electrons. The summed E-state index contributed by atoms with van der Waals surface area (Å²) in [6.45, 7) is 0.912. The third kappa shape index (κ3) is 1.56. The second kappa shape index (κ2) is 3.20. The van der Waals surface area contributed by atoms with Crippen LogP contribution >= 0.6 is 0 Å². The van der Waals surface area contributed by atoms with Crippen LogP contribution < -0.4 is 0 Å². The molecular weight excluding hydrogens is 168 g/mol. The number of imidazole rings is 1. The minimum absolute atomic E-state index is 0.178. The molecule has 0 spiro atoms. The number of hydrogen-bond donors (Lipinski definition) is 1. The summed E-state index contributed by atoms with van der Waals surface area (Å²) in [5.74, 6) is -0.00419. The SMILES string of the molecule is O=C(O)c1cn2c(n1)CCCCC2. The fourth-order valence-corrected chi connectivity index (χ4v) is 1.69. The Morgan fingerprint density at radius 2 is 2.31 bits per heavy atom. The summed E-state index contributed by atoms with van der Waals surface area (Å²) >= 11 is 0. The molecule has 1 N–H and O–H groups in total. The van der Waals surface area contributed by atoms with Crippen LogP contribution in [0.25, 0.3) is 0 Å². The van der Waals surface area contributed by atoms with E-state index >= 15 is 0 Å². The maximum absolute atomic E-state index is 10.6. The lowest BCUT2D eigenvalue weighted by Crippen LogP contribution is -1.98. The normalized spacial score (nSPS) is 16.3. The lowest BCUT2D eigenvalue weighted by Gasteiger charge is -1.99. The topological polar surface area (TPSA) is 55.1 Å². The molecule has 0 unspecified atom stereocenters. The van der Waals surface area contributed by atoms with Gasteiger partial charge in [0.25, 0.3) is 0 Å². The second-order valence-electron chi connectivity index (χ2n) is 3.35. The van der Waals surface area contributed by atoms with Crippen LogP contribution in [0.15, 0.2) is 6.20 Å². The molecule has 0 amide bonds. The van der Waals surface area contributed by atoms with Crippen molar-refractivity contribution in [2.45, 2.75) is 32.2 Å². The summed E-state index contributed by atoms with van der Waals surface area (Å²) in [6.07, 6.45) is 6.01. The number of hydrogen-bond acceptors (Lipinski definition) is 2. The molecule has 0 saturated heterocycles. The number of carbonyl (C=O) groups is 1. The van der Waals surface area contributed by atoms with Gasteiger partial charge in [0.15, 0.2) is 5.69 Å². The van der Waals surface area contributed by atoms with Crippen molar-refractivity contribution in [3.8, 4) is 0 Å². The van der Waals surface area contributed by atoms with Crippen molar-refractivity contribution in [1.82, 2.24) is 9.55 Å². The first-order valence-corrected chi connectivity index (χ1v) is 4.57. The highest BCUT2D eigenvalue weighted by atomic mass is 16.4. The Morgan fingerprint density at radius 3 is 3.08 bits per heavy atom. The Kier molecular flexibility index (Phi) is 2.04. The summed E-state index contributed by atoms with van der Waals surface area (Å²) in [6, 6.07) is 0. The van der Waals surface area contributed by atoms with Crippen LogP contribution in [0.3, 0.4) is 0 Å². The third-order valence-electron chi connectivity index (χ3n) is 2.38. The van der Waals surface area contributed by atoms with Gasteiger partial charge in [0, 0.05) is 19.2 Å². The largest absolute Gasteiger partial charge is 0.476 e. The third-order valence-corrected chi connectivity index (χ3v) is 2.38. The Labute approximate surface area is 76.2 Å². The quantitative estimate of drug-likeness (QED) is 0.708. The first-order chi connectivity index (χ1) is 6.27. The van der Waals surface area contributed by atoms with E-state index in [0.717, 1.165) is 31.6 Å². The molecule has 0 aliphatic carbocycles. The molecule has 0 bridgehead atoms. The number of aromatic carboxylic acids is 1. The second-order valence-corrected chi connectivity index (χ2v) is 3.35. The van der Waals surface area contributed by atoms with Gasteiger partial charge in [-0.2, -0.15) is 0 Å². The van der Waals surface area contributed by atoms with E-state index in [0.29, 0.717) is 0 Å². The molecular formula is C9H12N2O2. The minimum atomic E-state index is -0.930. The molecule has 0 fully saturated rings. The smallest absolute Gasteiger partial charge is 0.356 e. The lowest BCUT2D eigenvalue weighted by molar-refractivity contribution is 0.0691. The molecule has 4 heteroatoms. The zero-order valence-electron chi connectivity index (χ0n) is 7.36. The van der Waals surface area contributed by atoms with E-state index < -0.39 is 5.97 Å². The summed E-state index contributed by atoms with van der Waals surface area (Å²) in [5, 5.41) is 8.73. The van der Waals surface area contributed by atoms with E-state index in [-0.39, 0.29) is 5.69 Å². The van der Waals surface area contributed by atoms with Crippen molar-refractivity contribution in [1.29, 1.82) is 0 Å². The Balaban J connectivity index is 2.32. The summed E-state index contributed by atoms with van der Waals surface area (Å²) in [4.78, 5) is 14.7. The number of aromatic nitrogens is 2. The van der Waals surface area contributed by atoms with Gasteiger partial charge in [-0.15, -0.1) is 0 Å². The number of nitrogens with zero attached hydrogens (tertiary/aromatic N) is 2. The highest BCUT2D eigenvalue weighted by molar-refractivity contribution is 5.85. The van der Waals surface area contributed by atoms with Crippen molar-refractivity contribution < 1.29 is 9.90 Å². The van der Waals surface area contributed by atoms with Crippen molar-refractivity contribution in [3.63, 3.8) is 0 Å². The first kappa shape index (κ1) is 8.29. The first-order valence-electron chi connectivity index (χ1n) is 4.57. The van der Waals surface area contributed by atoms with E-state index in [9.17, 15) is 4.79 Å². The van der Waals surface area contributed by atoms with Gasteiger partial charge in [0.1, 0.15) is 5.82 Å². The van der Waals surface area contributed by atoms with E-state index in [1.54, 1.807) is 6.20 Å². The van der Waals surface area contributed by atoms with Gasteiger partial charge in [-0.05, 0) is 12.8 Å². The minimum Gasteiger partial charge on any atom is -0.476 e. The molecule has 1 aromatic rings. The van der Waals surface area contributed by atoms with Crippen LogP contribution in [0.4, 0.5) is 0 Å². The standard InChI is InChI=1S/C9H12N2O2/c12-9(13)7-6-11-5-3-1-2-4-8(11)10-7/h6H,1-5H2,(H,12,13). The lowest BCUT2D eigenvalue weighted by atomic mass is 10.2. The monoisotopic (exact) mass is 180 g/mol. The molecule has 0 saturated carbocycles. The van der Waals surface area contributed by atoms with Crippen molar-refractivity contribution in [3.05, 3.63) is 17.7 Å². The molecule has 2 heterocycles. The molecule has 0 atom stereocenters. The van der Waals surface area contributed by atoms with Crippen LogP contribution in [-0.4, -0.2) is 20.6 Å². The van der Waals surface area contributed by atoms with Gasteiger partial charge < -0.3 is 9.67 Å². The fraction of sp³-hybridized carbons (Fsp3) is 0.556. The summed E-state index contributed by atoms with van der Waals surface area (Å²) in [5.41, 5.74) is 0.178. The van der Waals surface area contributed by atoms with Gasteiger partial charge >= 0.3 is 5.97 Å². The number of fused-ring (bicyclic) bond motifs is 1. The van der Waals surface area contributed by atoms with Crippen LogP contribution in [0.1, 0.15) is 35.6 Å². The van der Waals surface area contributed by atoms with E-state index in [1.165, 1.54) is 6.42 Å². The van der Waals surface area contributed by atoms with Crippen LogP contribution in [-0.2, 0) is 13.0 Å². The van der Waals surface area contributed by atoms with E-state index in [1.807, 2.05) is 4.57 Å². The van der Waals surface area contributed by atoms with Gasteiger partial charge in [0.05, 0.1) is 0 Å². The molecule has 1 aliphatic rings. The summed E-state index contributed by atoms with van der Waals surface area (Å²) < 4.78 is 1.97. The number of carboxylic acid groups (broad SMARTS) is 1. The fourth-order valence-electron chi connectivity index (χ4n) is 1.69. The highest BCUT2D eigenvalue weighted by Crippen LogP contribution is 2.14. The molecule has 0 aromatic carbocycles. The van der Waals surface area contributed by atoms with Crippen molar-refractivity contribution in [2.24, 2.45) is 0 Å². The van der Waals surface area contributed by atoms with Gasteiger partial charge in [-0.3, -0.25) is 0 Å². The number of carboxylic acids is 1. The Morgan fingerprint density at radius 1 is 1.46 bits per heavy atom. The number of rotatable bonds is 1. The Bertz CT molecular complexity index is 307. The van der Waals surface area contributed by atoms with Crippen LogP contribution in [0, 0.1) is 0 Å². The molecule has 1 aliphatic heterocycles. The van der Waals surface area contributed by atoms with E-state index in [4.69, 9.17) is 5.11 Å². The zero-order valence-corrected chi connectivity index (χ0v) is 7.36. The maximum atomic E-state index is 10.6. The number of aryl methyl sites for hydroxylation is 2. The van der Waals surface area contributed by atoms with Crippen molar-refractivity contribution in [2.75, 3.05) is 0 Å².